The molecular formula is C15H15Br2ClN2O. The summed E-state index contributed by atoms with van der Waals surface area (Å²) in [5.41, 5.74) is 2.48. The first-order valence-corrected chi connectivity index (χ1v) is 8.66. The molecule has 1 heterocycles. The first-order chi connectivity index (χ1) is 9.97. The fourth-order valence-electron chi connectivity index (χ4n) is 2.14. The van der Waals surface area contributed by atoms with Gasteiger partial charge in [-0.05, 0) is 47.5 Å². The lowest BCUT2D eigenvalue weighted by Crippen LogP contribution is -2.10. The van der Waals surface area contributed by atoms with Crippen LogP contribution in [0.25, 0.3) is 0 Å². The maximum Gasteiger partial charge on any atom is 0.170 e. The van der Waals surface area contributed by atoms with Crippen molar-refractivity contribution in [3.05, 3.63) is 49.1 Å². The molecule has 0 saturated carbocycles. The number of aryl methyl sites for hydroxylation is 2. The molecule has 21 heavy (non-hydrogen) atoms. The van der Waals surface area contributed by atoms with Crippen molar-refractivity contribution in [1.82, 2.24) is 9.78 Å². The zero-order chi connectivity index (χ0) is 15.6. The third-order valence-corrected chi connectivity index (χ3v) is 5.09. The maximum absolute atomic E-state index is 12.6. The van der Waals surface area contributed by atoms with Gasteiger partial charge in [0, 0.05) is 21.6 Å². The SMILES string of the molecule is CCc1nn(CC)c(CC(=O)c2cc(Cl)ccc2Br)c1Br. The summed E-state index contributed by atoms with van der Waals surface area (Å²) >= 11 is 12.9. The van der Waals surface area contributed by atoms with Gasteiger partial charge < -0.3 is 0 Å². The molecule has 0 amide bonds. The molecule has 3 nitrogen and oxygen atoms in total. The van der Waals surface area contributed by atoms with Crippen molar-refractivity contribution in [1.29, 1.82) is 0 Å². The van der Waals surface area contributed by atoms with E-state index in [1.807, 2.05) is 18.5 Å². The molecule has 0 bridgehead atoms. The summed E-state index contributed by atoms with van der Waals surface area (Å²) in [5, 5.41) is 5.07. The topological polar surface area (TPSA) is 34.9 Å². The average Bonchev–Trinajstić information content (AvgIpc) is 2.77. The van der Waals surface area contributed by atoms with E-state index in [-0.39, 0.29) is 5.78 Å². The Balaban J connectivity index is 2.35. The van der Waals surface area contributed by atoms with Crippen LogP contribution in [0.3, 0.4) is 0 Å². The van der Waals surface area contributed by atoms with Crippen molar-refractivity contribution >= 4 is 49.2 Å². The molecular weight excluding hydrogens is 419 g/mol. The molecule has 1 aromatic heterocycles. The summed E-state index contributed by atoms with van der Waals surface area (Å²) in [4.78, 5) is 12.6. The van der Waals surface area contributed by atoms with Gasteiger partial charge in [0.25, 0.3) is 0 Å². The third-order valence-electron chi connectivity index (χ3n) is 3.25. The van der Waals surface area contributed by atoms with Gasteiger partial charge in [-0.2, -0.15) is 5.10 Å². The van der Waals surface area contributed by atoms with E-state index in [2.05, 4.69) is 37.0 Å². The number of halogens is 3. The van der Waals surface area contributed by atoms with Gasteiger partial charge in [-0.1, -0.05) is 34.5 Å². The number of carbonyl (C=O) groups excluding carboxylic acids is 1. The second-order valence-corrected chi connectivity index (χ2v) is 6.68. The van der Waals surface area contributed by atoms with E-state index in [1.54, 1.807) is 18.2 Å². The third kappa shape index (κ3) is 3.58. The number of carbonyl (C=O) groups is 1. The highest BCUT2D eigenvalue weighted by molar-refractivity contribution is 9.10. The number of hydrogen-bond acceptors (Lipinski definition) is 2. The zero-order valence-electron chi connectivity index (χ0n) is 11.8. The Hall–Kier alpha value is -0.650. The van der Waals surface area contributed by atoms with Crippen LogP contribution in [0.2, 0.25) is 5.02 Å². The number of hydrogen-bond donors (Lipinski definition) is 0. The van der Waals surface area contributed by atoms with Crippen LogP contribution in [0, 0.1) is 0 Å². The van der Waals surface area contributed by atoms with Crippen LogP contribution in [0.1, 0.15) is 35.6 Å². The van der Waals surface area contributed by atoms with Gasteiger partial charge >= 0.3 is 0 Å². The fourth-order valence-corrected chi connectivity index (χ4v) is 3.49. The van der Waals surface area contributed by atoms with E-state index in [9.17, 15) is 4.79 Å². The van der Waals surface area contributed by atoms with E-state index in [4.69, 9.17) is 11.6 Å². The molecule has 0 saturated heterocycles. The number of benzene rings is 1. The highest BCUT2D eigenvalue weighted by atomic mass is 79.9. The largest absolute Gasteiger partial charge is 0.294 e. The second kappa shape index (κ2) is 7.07. The summed E-state index contributed by atoms with van der Waals surface area (Å²) in [6, 6.07) is 5.23. The molecule has 0 fully saturated rings. The molecule has 2 aromatic rings. The molecule has 0 atom stereocenters. The van der Waals surface area contributed by atoms with Crippen molar-refractivity contribution in [2.24, 2.45) is 0 Å². The molecule has 0 N–H and O–H groups in total. The van der Waals surface area contributed by atoms with Crippen LogP contribution in [0.4, 0.5) is 0 Å². The smallest absolute Gasteiger partial charge is 0.170 e. The lowest BCUT2D eigenvalue weighted by Gasteiger charge is -2.07. The molecule has 0 aliphatic heterocycles. The van der Waals surface area contributed by atoms with Crippen molar-refractivity contribution in [3.8, 4) is 0 Å². The van der Waals surface area contributed by atoms with Crippen molar-refractivity contribution < 1.29 is 4.79 Å². The normalized spacial score (nSPS) is 10.9. The molecule has 1 aromatic carbocycles. The van der Waals surface area contributed by atoms with E-state index in [1.165, 1.54) is 0 Å². The van der Waals surface area contributed by atoms with Crippen LogP contribution in [0.5, 0.6) is 0 Å². The van der Waals surface area contributed by atoms with Gasteiger partial charge in [0.2, 0.25) is 0 Å². The van der Waals surface area contributed by atoms with E-state index < -0.39 is 0 Å². The molecule has 6 heteroatoms. The highest BCUT2D eigenvalue weighted by Crippen LogP contribution is 2.26. The lowest BCUT2D eigenvalue weighted by atomic mass is 10.1. The number of nitrogens with zero attached hydrogens (tertiary/aromatic N) is 2. The number of aromatic nitrogens is 2. The van der Waals surface area contributed by atoms with Gasteiger partial charge in [-0.15, -0.1) is 0 Å². The van der Waals surface area contributed by atoms with Crippen molar-refractivity contribution in [2.45, 2.75) is 33.2 Å². The van der Waals surface area contributed by atoms with E-state index >= 15 is 0 Å². The quantitative estimate of drug-likeness (QED) is 0.616. The van der Waals surface area contributed by atoms with Crippen LogP contribution in [-0.4, -0.2) is 15.6 Å². The van der Waals surface area contributed by atoms with Gasteiger partial charge in [-0.3, -0.25) is 9.48 Å². The molecule has 0 aliphatic carbocycles. The first kappa shape index (κ1) is 16.7. The van der Waals surface area contributed by atoms with E-state index in [0.29, 0.717) is 17.0 Å². The first-order valence-electron chi connectivity index (χ1n) is 6.70. The zero-order valence-corrected chi connectivity index (χ0v) is 15.7. The Kier molecular flexibility index (Phi) is 5.63. The standard InChI is InChI=1S/C15H15Br2ClN2O/c1-3-12-15(17)13(20(4-2)19-12)8-14(21)10-7-9(18)5-6-11(10)16/h5-7H,3-4,8H2,1-2H3. The molecule has 0 unspecified atom stereocenters. The second-order valence-electron chi connectivity index (χ2n) is 4.60. The van der Waals surface area contributed by atoms with Crippen molar-refractivity contribution in [2.75, 3.05) is 0 Å². The summed E-state index contributed by atoms with van der Waals surface area (Å²) in [5.74, 6) is 0.0160. The van der Waals surface area contributed by atoms with Crippen LogP contribution < -0.4 is 0 Å². The summed E-state index contributed by atoms with van der Waals surface area (Å²) < 4.78 is 3.56. The van der Waals surface area contributed by atoms with Gasteiger partial charge in [0.05, 0.1) is 22.3 Å². The number of Topliss-reactive ketones (excluding diaryl/α,β-unsaturated/α-hetero) is 1. The Morgan fingerprint density at radius 1 is 1.33 bits per heavy atom. The Morgan fingerprint density at radius 2 is 2.05 bits per heavy atom. The maximum atomic E-state index is 12.6. The van der Waals surface area contributed by atoms with Crippen LogP contribution >= 0.6 is 43.5 Å². The predicted molar refractivity (Wildman–Crippen MR) is 92.2 cm³/mol. The van der Waals surface area contributed by atoms with Crippen LogP contribution in [-0.2, 0) is 19.4 Å². The predicted octanol–water partition coefficient (Wildman–Crippen LogP) is 5.07. The van der Waals surface area contributed by atoms with Gasteiger partial charge in [0.15, 0.2) is 5.78 Å². The number of rotatable bonds is 5. The summed E-state index contributed by atoms with van der Waals surface area (Å²) in [6.07, 6.45) is 1.12. The Morgan fingerprint density at radius 3 is 2.67 bits per heavy atom. The number of ketones is 1. The van der Waals surface area contributed by atoms with E-state index in [0.717, 1.165) is 33.3 Å². The average molecular weight is 435 g/mol. The van der Waals surface area contributed by atoms with Crippen molar-refractivity contribution in [3.63, 3.8) is 0 Å². The van der Waals surface area contributed by atoms with Gasteiger partial charge in [-0.25, -0.2) is 0 Å². The molecule has 0 aliphatic rings. The monoisotopic (exact) mass is 432 g/mol. The highest BCUT2D eigenvalue weighted by Gasteiger charge is 2.19. The van der Waals surface area contributed by atoms with Gasteiger partial charge in [0.1, 0.15) is 0 Å². The fraction of sp³-hybridized carbons (Fsp3) is 0.333. The molecule has 112 valence electrons. The minimum absolute atomic E-state index is 0.0160. The minimum atomic E-state index is 0.0160. The molecule has 2 rings (SSSR count). The summed E-state index contributed by atoms with van der Waals surface area (Å²) in [7, 11) is 0. The minimum Gasteiger partial charge on any atom is -0.294 e. The van der Waals surface area contributed by atoms with Crippen LogP contribution in [0.15, 0.2) is 27.1 Å². The Labute approximate surface area is 145 Å². The molecule has 0 radical (unpaired) electrons. The lowest BCUT2D eigenvalue weighted by molar-refractivity contribution is 0.0989. The molecule has 0 spiro atoms. The summed E-state index contributed by atoms with van der Waals surface area (Å²) in [6.45, 7) is 4.80. The Bertz CT molecular complexity index is 683.